The molecule has 2 heterocycles. The molecular weight excluding hydrogens is 433 g/mol. The molecule has 2 saturated carbocycles. The van der Waals surface area contributed by atoms with Gasteiger partial charge in [0, 0.05) is 23.0 Å². The van der Waals surface area contributed by atoms with Crippen molar-refractivity contribution in [2.75, 3.05) is 6.79 Å². The highest BCUT2D eigenvalue weighted by atomic mass is 35.5. The first kappa shape index (κ1) is 22.2. The van der Waals surface area contributed by atoms with E-state index in [4.69, 9.17) is 15.2 Å². The molecule has 1 aliphatic heterocycles. The van der Waals surface area contributed by atoms with E-state index in [1.165, 1.54) is 17.8 Å². The zero-order valence-corrected chi connectivity index (χ0v) is 18.3. The van der Waals surface area contributed by atoms with Gasteiger partial charge >= 0.3 is 0 Å². The van der Waals surface area contributed by atoms with Crippen molar-refractivity contribution in [3.05, 3.63) is 29.3 Å². The van der Waals surface area contributed by atoms with Crippen molar-refractivity contribution in [1.82, 2.24) is 10.3 Å². The van der Waals surface area contributed by atoms with Crippen molar-refractivity contribution in [1.29, 1.82) is 0 Å². The fraction of sp³-hybridized carbons (Fsp3) is 0.500. The first-order valence-corrected chi connectivity index (χ1v) is 10.5. The van der Waals surface area contributed by atoms with Gasteiger partial charge in [-0.25, -0.2) is 4.98 Å². The molecule has 9 heteroatoms. The summed E-state index contributed by atoms with van der Waals surface area (Å²) in [4.78, 5) is 17.4. The summed E-state index contributed by atoms with van der Waals surface area (Å²) in [5.41, 5.74) is 7.61. The summed E-state index contributed by atoms with van der Waals surface area (Å²) >= 11 is 1.47. The van der Waals surface area contributed by atoms with Crippen molar-refractivity contribution in [3.63, 3.8) is 0 Å². The number of carbonyl (C=O) groups excluding carboxylic acids is 1. The maximum Gasteiger partial charge on any atom is 0.271 e. The highest BCUT2D eigenvalue weighted by Crippen LogP contribution is 2.40. The number of nitrogens with one attached hydrogen (secondary N) is 1. The topological polar surface area (TPSA) is 86.5 Å². The summed E-state index contributed by atoms with van der Waals surface area (Å²) in [6.45, 7) is 0.248. The van der Waals surface area contributed by atoms with E-state index in [-0.39, 0.29) is 49.6 Å². The quantitative estimate of drug-likeness (QED) is 0.726. The average molecular weight is 458 g/mol. The van der Waals surface area contributed by atoms with Gasteiger partial charge in [0.1, 0.15) is 10.7 Å². The second-order valence-electron chi connectivity index (χ2n) is 7.79. The van der Waals surface area contributed by atoms with Gasteiger partial charge in [-0.05, 0) is 55.7 Å². The number of amides is 1. The zero-order chi connectivity index (χ0) is 18.4. The molecule has 2 unspecified atom stereocenters. The van der Waals surface area contributed by atoms with Gasteiger partial charge < -0.3 is 20.5 Å². The molecule has 5 rings (SSSR count). The Morgan fingerprint density at radius 2 is 1.86 bits per heavy atom. The van der Waals surface area contributed by atoms with Gasteiger partial charge in [-0.2, -0.15) is 0 Å². The monoisotopic (exact) mass is 457 g/mol. The summed E-state index contributed by atoms with van der Waals surface area (Å²) in [5, 5.41) is 5.91. The van der Waals surface area contributed by atoms with Crippen molar-refractivity contribution in [2.45, 2.75) is 44.2 Å². The molecule has 0 saturated heterocycles. The molecule has 3 aliphatic rings. The van der Waals surface area contributed by atoms with Crippen LogP contribution in [0.4, 0.5) is 0 Å². The summed E-state index contributed by atoms with van der Waals surface area (Å²) in [6.07, 6.45) is 5.60. The van der Waals surface area contributed by atoms with Gasteiger partial charge in [0.05, 0.1) is 0 Å². The second kappa shape index (κ2) is 9.08. The highest BCUT2D eigenvalue weighted by molar-refractivity contribution is 7.13. The number of ether oxygens (including phenoxy) is 2. The number of nitrogens with zero attached hydrogens (tertiary/aromatic N) is 1. The minimum Gasteiger partial charge on any atom is -0.454 e. The molecule has 1 amide bonds. The maximum atomic E-state index is 12.8. The van der Waals surface area contributed by atoms with Crippen LogP contribution in [0.3, 0.4) is 0 Å². The Morgan fingerprint density at radius 3 is 2.62 bits per heavy atom. The Kier molecular flexibility index (Phi) is 6.94. The largest absolute Gasteiger partial charge is 0.454 e. The summed E-state index contributed by atoms with van der Waals surface area (Å²) in [6, 6.07) is 6.26. The van der Waals surface area contributed by atoms with Gasteiger partial charge in [-0.3, -0.25) is 4.79 Å². The molecule has 2 aromatic rings. The number of thiazole rings is 1. The highest BCUT2D eigenvalue weighted by Gasteiger charge is 2.40. The van der Waals surface area contributed by atoms with Crippen molar-refractivity contribution < 1.29 is 14.3 Å². The Hall–Kier alpha value is -1.54. The molecule has 29 heavy (non-hydrogen) atoms. The molecule has 0 radical (unpaired) electrons. The number of aromatic nitrogens is 1. The van der Waals surface area contributed by atoms with E-state index in [2.05, 4.69) is 10.3 Å². The van der Waals surface area contributed by atoms with Crippen LogP contribution >= 0.6 is 36.2 Å². The van der Waals surface area contributed by atoms with Crippen LogP contribution in [-0.4, -0.2) is 29.8 Å². The minimum absolute atomic E-state index is 0. The fourth-order valence-corrected chi connectivity index (χ4v) is 5.59. The molecule has 1 aromatic heterocycles. The SMILES string of the molecule is Cl.Cl.NC1CC2CCCC(C1)C2NC(=O)c1csc(-c2ccc3c(c2)OCO3)n1. The van der Waals surface area contributed by atoms with Crippen LogP contribution in [0.5, 0.6) is 11.5 Å². The van der Waals surface area contributed by atoms with Crippen LogP contribution in [0.2, 0.25) is 0 Å². The average Bonchev–Trinajstić information content (AvgIpc) is 3.31. The van der Waals surface area contributed by atoms with Crippen LogP contribution in [0.25, 0.3) is 10.6 Å². The lowest BCUT2D eigenvalue weighted by molar-refractivity contribution is 0.0752. The Labute approximate surface area is 186 Å². The number of benzene rings is 1. The first-order valence-electron chi connectivity index (χ1n) is 9.59. The summed E-state index contributed by atoms with van der Waals surface area (Å²) in [7, 11) is 0. The lowest BCUT2D eigenvalue weighted by Gasteiger charge is -2.45. The van der Waals surface area contributed by atoms with Crippen LogP contribution < -0.4 is 20.5 Å². The molecule has 1 aromatic carbocycles. The normalized spacial score (nSPS) is 26.8. The molecule has 2 fully saturated rings. The lowest BCUT2D eigenvalue weighted by Crippen LogP contribution is -2.53. The Balaban J connectivity index is 0.00000120. The maximum absolute atomic E-state index is 12.8. The number of halogens is 2. The number of rotatable bonds is 3. The van der Waals surface area contributed by atoms with Crippen LogP contribution in [-0.2, 0) is 0 Å². The Morgan fingerprint density at radius 1 is 1.14 bits per heavy atom. The number of nitrogens with two attached hydrogens (primary N) is 1. The van der Waals surface area contributed by atoms with Crippen molar-refractivity contribution in [3.8, 4) is 22.1 Å². The number of hydrogen-bond donors (Lipinski definition) is 2. The number of fused-ring (bicyclic) bond motifs is 3. The minimum atomic E-state index is -0.0735. The van der Waals surface area contributed by atoms with Gasteiger partial charge in [0.25, 0.3) is 5.91 Å². The fourth-order valence-electron chi connectivity index (χ4n) is 4.79. The zero-order valence-electron chi connectivity index (χ0n) is 15.8. The van der Waals surface area contributed by atoms with E-state index in [0.717, 1.165) is 47.8 Å². The van der Waals surface area contributed by atoms with Crippen LogP contribution in [0, 0.1) is 11.8 Å². The predicted molar refractivity (Wildman–Crippen MR) is 117 cm³/mol. The van der Waals surface area contributed by atoms with Gasteiger partial charge in [0.2, 0.25) is 6.79 Å². The second-order valence-corrected chi connectivity index (χ2v) is 8.65. The molecule has 0 spiro atoms. The van der Waals surface area contributed by atoms with Crippen molar-refractivity contribution >= 4 is 42.1 Å². The van der Waals surface area contributed by atoms with Gasteiger partial charge in [-0.15, -0.1) is 36.2 Å². The molecule has 2 aliphatic carbocycles. The van der Waals surface area contributed by atoms with E-state index < -0.39 is 0 Å². The van der Waals surface area contributed by atoms with E-state index in [9.17, 15) is 4.79 Å². The third-order valence-electron chi connectivity index (χ3n) is 6.03. The summed E-state index contributed by atoms with van der Waals surface area (Å²) in [5.74, 6) is 2.40. The number of hydrogen-bond acceptors (Lipinski definition) is 6. The van der Waals surface area contributed by atoms with E-state index >= 15 is 0 Å². The molecule has 2 bridgehead atoms. The third kappa shape index (κ3) is 4.33. The lowest BCUT2D eigenvalue weighted by atomic mass is 9.67. The van der Waals surface area contributed by atoms with Gasteiger partial charge in [0.15, 0.2) is 11.5 Å². The van der Waals surface area contributed by atoms with E-state index in [0.29, 0.717) is 17.5 Å². The number of carbonyl (C=O) groups is 1. The van der Waals surface area contributed by atoms with E-state index in [1.54, 1.807) is 0 Å². The molecule has 6 nitrogen and oxygen atoms in total. The molecule has 3 N–H and O–H groups in total. The van der Waals surface area contributed by atoms with Crippen molar-refractivity contribution in [2.24, 2.45) is 17.6 Å². The van der Waals surface area contributed by atoms with Crippen LogP contribution in [0.1, 0.15) is 42.6 Å². The standard InChI is InChI=1S/C20H23N3O3S.2ClH/c21-14-6-11-2-1-3-12(7-14)18(11)23-19(24)15-9-27-20(22-15)13-4-5-16-17(8-13)26-10-25-16;;/h4-5,8-9,11-12,14,18H,1-3,6-7,10,21H2,(H,23,24);2*1H. The summed E-state index contributed by atoms with van der Waals surface area (Å²) < 4.78 is 10.8. The smallest absolute Gasteiger partial charge is 0.271 e. The van der Waals surface area contributed by atoms with Crippen LogP contribution in [0.15, 0.2) is 23.6 Å². The Bertz CT molecular complexity index is 864. The van der Waals surface area contributed by atoms with E-state index in [1.807, 2.05) is 23.6 Å². The first-order chi connectivity index (χ1) is 13.2. The third-order valence-corrected chi connectivity index (χ3v) is 6.92. The van der Waals surface area contributed by atoms with Gasteiger partial charge in [-0.1, -0.05) is 6.42 Å². The predicted octanol–water partition coefficient (Wildman–Crippen LogP) is 4.02. The molecular formula is C20H25Cl2N3O3S. The molecule has 158 valence electrons. The molecule has 2 atom stereocenters.